The fourth-order valence-corrected chi connectivity index (χ4v) is 2.54. The lowest BCUT2D eigenvalue weighted by Crippen LogP contribution is -2.31. The summed E-state index contributed by atoms with van der Waals surface area (Å²) >= 11 is 0. The Labute approximate surface area is 83.8 Å². The minimum atomic E-state index is -0.0174. The van der Waals surface area contributed by atoms with Crippen molar-refractivity contribution in [3.8, 4) is 0 Å². The Morgan fingerprint density at radius 2 is 1.71 bits per heavy atom. The zero-order valence-electron chi connectivity index (χ0n) is 8.24. The Bertz CT molecular complexity index is 261. The topological polar surface area (TPSA) is 37.4 Å². The normalized spacial score (nSPS) is 31.9. The van der Waals surface area contributed by atoms with Gasteiger partial charge in [-0.25, -0.2) is 0 Å². The highest BCUT2D eigenvalue weighted by molar-refractivity contribution is 6.05. The van der Waals surface area contributed by atoms with Crippen LogP contribution in [0.5, 0.6) is 0 Å². The SMILES string of the molecule is C=CCN1C(=O)[C@H]2CCCC[C@@H]2C1=O. The van der Waals surface area contributed by atoms with Gasteiger partial charge in [-0.05, 0) is 12.8 Å². The molecule has 0 aromatic carbocycles. The van der Waals surface area contributed by atoms with Crippen LogP contribution < -0.4 is 0 Å². The average Bonchev–Trinajstić information content (AvgIpc) is 2.45. The molecule has 1 aliphatic heterocycles. The standard InChI is InChI=1S/C11H15NO2/c1-2-7-12-10(13)8-5-3-4-6-9(8)11(12)14/h2,8-9H,1,3-7H2/t8-,9-/m0/s1. The van der Waals surface area contributed by atoms with Gasteiger partial charge >= 0.3 is 0 Å². The zero-order valence-corrected chi connectivity index (χ0v) is 8.24. The summed E-state index contributed by atoms with van der Waals surface area (Å²) in [6, 6.07) is 0. The number of nitrogens with zero attached hydrogens (tertiary/aromatic N) is 1. The van der Waals surface area contributed by atoms with Gasteiger partial charge in [0.1, 0.15) is 0 Å². The minimum absolute atomic E-state index is 0.0174. The van der Waals surface area contributed by atoms with Crippen molar-refractivity contribution in [2.45, 2.75) is 25.7 Å². The minimum Gasteiger partial charge on any atom is -0.278 e. The first-order valence-electron chi connectivity index (χ1n) is 5.22. The molecule has 0 aromatic rings. The molecule has 0 aromatic heterocycles. The van der Waals surface area contributed by atoms with Gasteiger partial charge in [-0.15, -0.1) is 6.58 Å². The van der Waals surface area contributed by atoms with Gasteiger partial charge in [-0.2, -0.15) is 0 Å². The number of carbonyl (C=O) groups excluding carboxylic acids is 2. The van der Waals surface area contributed by atoms with Crippen molar-refractivity contribution in [3.05, 3.63) is 12.7 Å². The van der Waals surface area contributed by atoms with Crippen molar-refractivity contribution >= 4 is 11.8 Å². The summed E-state index contributed by atoms with van der Waals surface area (Å²) in [6.07, 6.45) is 5.57. The molecule has 0 spiro atoms. The van der Waals surface area contributed by atoms with Crippen molar-refractivity contribution in [3.63, 3.8) is 0 Å². The van der Waals surface area contributed by atoms with E-state index in [-0.39, 0.29) is 23.7 Å². The Balaban J connectivity index is 2.19. The number of hydrogen-bond donors (Lipinski definition) is 0. The van der Waals surface area contributed by atoms with Gasteiger partial charge < -0.3 is 0 Å². The van der Waals surface area contributed by atoms with Crippen LogP contribution >= 0.6 is 0 Å². The molecule has 2 aliphatic rings. The zero-order chi connectivity index (χ0) is 10.1. The van der Waals surface area contributed by atoms with E-state index in [2.05, 4.69) is 6.58 Å². The highest BCUT2D eigenvalue weighted by Gasteiger charge is 2.47. The molecule has 2 atom stereocenters. The molecule has 0 bridgehead atoms. The molecule has 0 unspecified atom stereocenters. The monoisotopic (exact) mass is 193 g/mol. The van der Waals surface area contributed by atoms with Gasteiger partial charge in [0.25, 0.3) is 0 Å². The predicted octanol–water partition coefficient (Wildman–Crippen LogP) is 1.35. The molecule has 1 aliphatic carbocycles. The fraction of sp³-hybridized carbons (Fsp3) is 0.636. The predicted molar refractivity (Wildman–Crippen MR) is 52.4 cm³/mol. The Kier molecular flexibility index (Phi) is 2.40. The highest BCUT2D eigenvalue weighted by Crippen LogP contribution is 2.37. The number of hydrogen-bond acceptors (Lipinski definition) is 2. The molecule has 3 nitrogen and oxygen atoms in total. The lowest BCUT2D eigenvalue weighted by molar-refractivity contribution is -0.139. The van der Waals surface area contributed by atoms with Crippen molar-refractivity contribution in [1.29, 1.82) is 0 Å². The van der Waals surface area contributed by atoms with E-state index in [1.807, 2.05) is 0 Å². The molecule has 2 amide bonds. The summed E-state index contributed by atoms with van der Waals surface area (Å²) in [7, 11) is 0. The summed E-state index contributed by atoms with van der Waals surface area (Å²) in [4.78, 5) is 25.0. The highest BCUT2D eigenvalue weighted by atomic mass is 16.2. The summed E-state index contributed by atoms with van der Waals surface area (Å²) in [5.74, 6) is 0.0200. The van der Waals surface area contributed by atoms with Gasteiger partial charge in [0.15, 0.2) is 0 Å². The number of imide groups is 1. The molecule has 0 N–H and O–H groups in total. The number of rotatable bonds is 2. The first kappa shape index (κ1) is 9.44. The summed E-state index contributed by atoms with van der Waals surface area (Å²) in [5, 5.41) is 0. The number of likely N-dealkylation sites (tertiary alicyclic amines) is 1. The number of carbonyl (C=O) groups is 2. The van der Waals surface area contributed by atoms with Crippen molar-refractivity contribution < 1.29 is 9.59 Å². The molecule has 2 rings (SSSR count). The van der Waals surface area contributed by atoms with E-state index >= 15 is 0 Å². The molecule has 76 valence electrons. The maximum atomic E-state index is 11.8. The van der Waals surface area contributed by atoms with E-state index in [1.165, 1.54) is 4.90 Å². The smallest absolute Gasteiger partial charge is 0.233 e. The van der Waals surface area contributed by atoms with Crippen LogP contribution in [0.15, 0.2) is 12.7 Å². The van der Waals surface area contributed by atoms with Crippen LogP contribution in [0.4, 0.5) is 0 Å². The maximum absolute atomic E-state index is 11.8. The molecule has 14 heavy (non-hydrogen) atoms. The van der Waals surface area contributed by atoms with Crippen molar-refractivity contribution in [1.82, 2.24) is 4.90 Å². The quantitative estimate of drug-likeness (QED) is 0.490. The van der Waals surface area contributed by atoms with Crippen molar-refractivity contribution in [2.75, 3.05) is 6.54 Å². The second-order valence-electron chi connectivity index (χ2n) is 4.07. The van der Waals surface area contributed by atoms with Gasteiger partial charge in [0.2, 0.25) is 11.8 Å². The van der Waals surface area contributed by atoms with E-state index < -0.39 is 0 Å². The molecule has 2 fully saturated rings. The maximum Gasteiger partial charge on any atom is 0.233 e. The van der Waals surface area contributed by atoms with Crippen LogP contribution in [-0.4, -0.2) is 23.3 Å². The molecule has 1 saturated carbocycles. The third-order valence-corrected chi connectivity index (χ3v) is 3.24. The van der Waals surface area contributed by atoms with Gasteiger partial charge in [-0.1, -0.05) is 18.9 Å². The van der Waals surface area contributed by atoms with E-state index in [0.717, 1.165) is 25.7 Å². The molecule has 1 heterocycles. The Morgan fingerprint density at radius 3 is 2.14 bits per heavy atom. The van der Waals surface area contributed by atoms with Crippen LogP contribution in [0.25, 0.3) is 0 Å². The first-order chi connectivity index (χ1) is 6.75. The third-order valence-electron chi connectivity index (χ3n) is 3.24. The summed E-state index contributed by atoms with van der Waals surface area (Å²) in [6.45, 7) is 3.94. The van der Waals surface area contributed by atoms with E-state index in [0.29, 0.717) is 6.54 Å². The van der Waals surface area contributed by atoms with Crippen LogP contribution in [0.3, 0.4) is 0 Å². The summed E-state index contributed by atoms with van der Waals surface area (Å²) in [5.41, 5.74) is 0. The van der Waals surface area contributed by atoms with Crippen molar-refractivity contribution in [2.24, 2.45) is 11.8 Å². The van der Waals surface area contributed by atoms with Crippen LogP contribution in [-0.2, 0) is 9.59 Å². The fourth-order valence-electron chi connectivity index (χ4n) is 2.54. The number of amides is 2. The first-order valence-corrected chi connectivity index (χ1v) is 5.22. The van der Waals surface area contributed by atoms with Crippen LogP contribution in [0.2, 0.25) is 0 Å². The van der Waals surface area contributed by atoms with E-state index in [1.54, 1.807) is 6.08 Å². The van der Waals surface area contributed by atoms with Gasteiger partial charge in [-0.3, -0.25) is 14.5 Å². The molecular formula is C11H15NO2. The van der Waals surface area contributed by atoms with E-state index in [4.69, 9.17) is 0 Å². The Hall–Kier alpha value is -1.12. The number of fused-ring (bicyclic) bond motifs is 1. The lowest BCUT2D eigenvalue weighted by atomic mass is 9.81. The average molecular weight is 193 g/mol. The molecular weight excluding hydrogens is 178 g/mol. The van der Waals surface area contributed by atoms with Crippen LogP contribution in [0.1, 0.15) is 25.7 Å². The molecule has 3 heteroatoms. The second-order valence-corrected chi connectivity index (χ2v) is 4.07. The lowest BCUT2D eigenvalue weighted by Gasteiger charge is -2.19. The molecule has 0 radical (unpaired) electrons. The van der Waals surface area contributed by atoms with E-state index in [9.17, 15) is 9.59 Å². The third kappa shape index (κ3) is 1.27. The summed E-state index contributed by atoms with van der Waals surface area (Å²) < 4.78 is 0. The largest absolute Gasteiger partial charge is 0.278 e. The van der Waals surface area contributed by atoms with Gasteiger partial charge in [0, 0.05) is 6.54 Å². The van der Waals surface area contributed by atoms with Crippen LogP contribution in [0, 0.1) is 11.8 Å². The molecule has 1 saturated heterocycles. The Morgan fingerprint density at radius 1 is 1.21 bits per heavy atom. The second kappa shape index (κ2) is 3.56. The van der Waals surface area contributed by atoms with Gasteiger partial charge in [0.05, 0.1) is 11.8 Å².